The molecule has 1 aromatic heterocycles. The molecule has 6 nitrogen and oxygen atoms in total. The van der Waals surface area contributed by atoms with Crippen LogP contribution in [0.3, 0.4) is 0 Å². The summed E-state index contributed by atoms with van der Waals surface area (Å²) in [7, 11) is -3.83. The second kappa shape index (κ2) is 6.26. The van der Waals surface area contributed by atoms with Gasteiger partial charge in [0.2, 0.25) is 10.0 Å². The Morgan fingerprint density at radius 1 is 1.26 bits per heavy atom. The first-order chi connectivity index (χ1) is 10.6. The number of hydrogen-bond acceptors (Lipinski definition) is 5. The summed E-state index contributed by atoms with van der Waals surface area (Å²) in [4.78, 5) is 14.3. The molecule has 1 heterocycles. The van der Waals surface area contributed by atoms with Crippen molar-refractivity contribution in [1.29, 1.82) is 0 Å². The molecule has 0 aliphatic rings. The monoisotopic (exact) mass is 365 g/mol. The summed E-state index contributed by atoms with van der Waals surface area (Å²) >= 11 is 0.586. The van der Waals surface area contributed by atoms with Crippen LogP contribution in [0, 0.1) is 0 Å². The standard InChI is InChI=1S/C12H10F3N3O3S2/c13-12(14,15)10-9(22-6-18-10)11(19)17-5-7-1-3-8(4-2-7)23(16,20)21/h1-4,6H,5H2,(H,17,19)(H2,16,20,21). The number of primary sulfonamides is 1. The van der Waals surface area contributed by atoms with E-state index in [0.717, 1.165) is 5.51 Å². The fourth-order valence-electron chi connectivity index (χ4n) is 1.67. The number of halogens is 3. The van der Waals surface area contributed by atoms with Crippen LogP contribution < -0.4 is 10.5 Å². The number of sulfonamides is 1. The molecule has 3 N–H and O–H groups in total. The molecular weight excluding hydrogens is 355 g/mol. The molecule has 0 bridgehead atoms. The predicted octanol–water partition coefficient (Wildman–Crippen LogP) is 1.74. The fourth-order valence-corrected chi connectivity index (χ4v) is 2.91. The van der Waals surface area contributed by atoms with Crippen LogP contribution >= 0.6 is 11.3 Å². The van der Waals surface area contributed by atoms with Crippen molar-refractivity contribution in [2.24, 2.45) is 5.14 Å². The van der Waals surface area contributed by atoms with Crippen LogP contribution in [0.15, 0.2) is 34.7 Å². The zero-order chi connectivity index (χ0) is 17.3. The lowest BCUT2D eigenvalue weighted by Crippen LogP contribution is -2.24. The molecule has 1 aromatic carbocycles. The van der Waals surface area contributed by atoms with Crippen molar-refractivity contribution in [3.05, 3.63) is 45.9 Å². The lowest BCUT2D eigenvalue weighted by Gasteiger charge is -2.08. The molecule has 0 aliphatic heterocycles. The lowest BCUT2D eigenvalue weighted by molar-refractivity contribution is -0.141. The molecular formula is C12H10F3N3O3S2. The van der Waals surface area contributed by atoms with Crippen LogP contribution in [0.5, 0.6) is 0 Å². The zero-order valence-electron chi connectivity index (χ0n) is 11.3. The number of hydrogen-bond donors (Lipinski definition) is 2. The summed E-state index contributed by atoms with van der Waals surface area (Å²) in [5.41, 5.74) is 0.215. The zero-order valence-corrected chi connectivity index (χ0v) is 12.9. The van der Waals surface area contributed by atoms with Gasteiger partial charge < -0.3 is 5.32 Å². The van der Waals surface area contributed by atoms with Crippen molar-refractivity contribution in [3.63, 3.8) is 0 Å². The number of aromatic nitrogens is 1. The van der Waals surface area contributed by atoms with Gasteiger partial charge >= 0.3 is 6.18 Å². The largest absolute Gasteiger partial charge is 0.434 e. The minimum absolute atomic E-state index is 0.0705. The van der Waals surface area contributed by atoms with E-state index in [2.05, 4.69) is 10.3 Å². The topological polar surface area (TPSA) is 102 Å². The lowest BCUT2D eigenvalue weighted by atomic mass is 10.2. The molecule has 0 radical (unpaired) electrons. The van der Waals surface area contributed by atoms with Crippen molar-refractivity contribution in [3.8, 4) is 0 Å². The average Bonchev–Trinajstić information content (AvgIpc) is 2.94. The third-order valence-corrected chi connectivity index (χ3v) is 4.50. The van der Waals surface area contributed by atoms with Gasteiger partial charge in [-0.05, 0) is 17.7 Å². The molecule has 0 aliphatic carbocycles. The molecule has 0 spiro atoms. The summed E-state index contributed by atoms with van der Waals surface area (Å²) in [6, 6.07) is 5.28. The summed E-state index contributed by atoms with van der Waals surface area (Å²) < 4.78 is 60.2. The van der Waals surface area contributed by atoms with Crippen molar-refractivity contribution in [2.75, 3.05) is 0 Å². The van der Waals surface area contributed by atoms with Crippen LogP contribution in [0.25, 0.3) is 0 Å². The number of amides is 1. The number of benzene rings is 1. The maximum atomic E-state index is 12.7. The van der Waals surface area contributed by atoms with Crippen LogP contribution in [-0.4, -0.2) is 19.3 Å². The Morgan fingerprint density at radius 3 is 2.39 bits per heavy atom. The summed E-state index contributed by atoms with van der Waals surface area (Å²) in [6.45, 7) is -0.0705. The molecule has 0 fully saturated rings. The Labute approximate surface area is 133 Å². The van der Waals surface area contributed by atoms with E-state index in [4.69, 9.17) is 5.14 Å². The molecule has 0 saturated carbocycles. The molecule has 1 amide bonds. The Balaban J connectivity index is 2.07. The van der Waals surface area contributed by atoms with Gasteiger partial charge in [-0.1, -0.05) is 12.1 Å². The number of rotatable bonds is 4. The predicted molar refractivity (Wildman–Crippen MR) is 76.1 cm³/mol. The van der Waals surface area contributed by atoms with E-state index in [0.29, 0.717) is 16.9 Å². The SMILES string of the molecule is NS(=O)(=O)c1ccc(CNC(=O)c2scnc2C(F)(F)F)cc1. The van der Waals surface area contributed by atoms with Crippen molar-refractivity contribution in [1.82, 2.24) is 10.3 Å². The number of alkyl halides is 3. The van der Waals surface area contributed by atoms with E-state index in [1.807, 2.05) is 0 Å². The maximum Gasteiger partial charge on any atom is 0.434 e. The number of carbonyl (C=O) groups excluding carboxylic acids is 1. The summed E-state index contributed by atoms with van der Waals surface area (Å²) in [5, 5.41) is 7.26. The Morgan fingerprint density at radius 2 is 1.87 bits per heavy atom. The highest BCUT2D eigenvalue weighted by atomic mass is 32.2. The van der Waals surface area contributed by atoms with E-state index < -0.39 is 32.7 Å². The normalized spacial score (nSPS) is 12.2. The van der Waals surface area contributed by atoms with Gasteiger partial charge in [-0.25, -0.2) is 18.5 Å². The van der Waals surface area contributed by atoms with Gasteiger partial charge in [0.15, 0.2) is 5.69 Å². The van der Waals surface area contributed by atoms with E-state index in [-0.39, 0.29) is 11.4 Å². The van der Waals surface area contributed by atoms with Gasteiger partial charge in [0.25, 0.3) is 5.91 Å². The second-order valence-corrected chi connectivity index (χ2v) is 6.82. The smallest absolute Gasteiger partial charge is 0.347 e. The van der Waals surface area contributed by atoms with Gasteiger partial charge in [-0.15, -0.1) is 11.3 Å². The van der Waals surface area contributed by atoms with Crippen LogP contribution in [0.1, 0.15) is 20.9 Å². The van der Waals surface area contributed by atoms with Crippen LogP contribution in [0.2, 0.25) is 0 Å². The highest BCUT2D eigenvalue weighted by molar-refractivity contribution is 7.89. The van der Waals surface area contributed by atoms with Gasteiger partial charge in [-0.3, -0.25) is 4.79 Å². The molecule has 124 valence electrons. The first kappa shape index (κ1) is 17.4. The van der Waals surface area contributed by atoms with E-state index >= 15 is 0 Å². The average molecular weight is 365 g/mol. The molecule has 0 unspecified atom stereocenters. The molecule has 2 aromatic rings. The highest BCUT2D eigenvalue weighted by Crippen LogP contribution is 2.32. The van der Waals surface area contributed by atoms with E-state index in [1.165, 1.54) is 24.3 Å². The first-order valence-electron chi connectivity index (χ1n) is 5.99. The molecule has 11 heteroatoms. The number of nitrogens with zero attached hydrogens (tertiary/aromatic N) is 1. The van der Waals surface area contributed by atoms with Gasteiger partial charge in [0, 0.05) is 6.54 Å². The summed E-state index contributed by atoms with van der Waals surface area (Å²) in [5.74, 6) is -0.907. The Hall–Kier alpha value is -1.98. The number of nitrogens with two attached hydrogens (primary N) is 1. The minimum Gasteiger partial charge on any atom is -0.347 e. The number of carbonyl (C=O) groups is 1. The first-order valence-corrected chi connectivity index (χ1v) is 8.42. The number of nitrogens with one attached hydrogen (secondary N) is 1. The second-order valence-electron chi connectivity index (χ2n) is 4.40. The van der Waals surface area contributed by atoms with Gasteiger partial charge in [0.1, 0.15) is 4.88 Å². The Bertz CT molecular complexity index is 814. The molecule has 0 saturated heterocycles. The molecule has 2 rings (SSSR count). The maximum absolute atomic E-state index is 12.7. The third-order valence-electron chi connectivity index (χ3n) is 2.75. The number of thiazole rings is 1. The summed E-state index contributed by atoms with van der Waals surface area (Å²) in [6.07, 6.45) is -4.70. The van der Waals surface area contributed by atoms with Crippen LogP contribution in [0.4, 0.5) is 13.2 Å². The van der Waals surface area contributed by atoms with Crippen molar-refractivity contribution >= 4 is 27.3 Å². The quantitative estimate of drug-likeness (QED) is 0.861. The van der Waals surface area contributed by atoms with E-state index in [1.54, 1.807) is 0 Å². The third kappa shape index (κ3) is 4.27. The van der Waals surface area contributed by atoms with Crippen molar-refractivity contribution < 1.29 is 26.4 Å². The van der Waals surface area contributed by atoms with Gasteiger partial charge in [-0.2, -0.15) is 13.2 Å². The highest BCUT2D eigenvalue weighted by Gasteiger charge is 2.38. The van der Waals surface area contributed by atoms with Gasteiger partial charge in [0.05, 0.1) is 10.4 Å². The van der Waals surface area contributed by atoms with Crippen LogP contribution in [-0.2, 0) is 22.7 Å². The fraction of sp³-hybridized carbons (Fsp3) is 0.167. The molecule has 23 heavy (non-hydrogen) atoms. The minimum atomic E-state index is -4.70. The Kier molecular flexibility index (Phi) is 4.73. The van der Waals surface area contributed by atoms with Crippen molar-refractivity contribution in [2.45, 2.75) is 17.6 Å². The van der Waals surface area contributed by atoms with E-state index in [9.17, 15) is 26.4 Å². The molecule has 0 atom stereocenters.